The van der Waals surface area contributed by atoms with Crippen molar-refractivity contribution in [2.75, 3.05) is 0 Å². The first-order valence-corrected chi connectivity index (χ1v) is 3.34. The second kappa shape index (κ2) is 11.2. The van der Waals surface area contributed by atoms with Crippen LogP contribution in [0.4, 0.5) is 0 Å². The third-order valence-electron chi connectivity index (χ3n) is 1.11. The Hall–Kier alpha value is 0.363. The quantitative estimate of drug-likeness (QED) is 0.262. The van der Waals surface area contributed by atoms with Crippen molar-refractivity contribution in [2.45, 2.75) is 32.6 Å². The summed E-state index contributed by atoms with van der Waals surface area (Å²) in [6, 6.07) is 0. The van der Waals surface area contributed by atoms with Crippen LogP contribution in [0.15, 0.2) is 12.7 Å². The maximum absolute atomic E-state index is 3.64. The van der Waals surface area contributed by atoms with Crippen molar-refractivity contribution in [1.82, 2.24) is 0 Å². The molecule has 0 rings (SSSR count). The van der Waals surface area contributed by atoms with Crippen LogP contribution in [-0.2, 0) is 19.5 Å². The average molecular weight is 177 g/mol. The fourth-order valence-electron chi connectivity index (χ4n) is 0.611. The molecule has 0 aromatic heterocycles. The molecule has 0 atom stereocenters. The van der Waals surface area contributed by atoms with Crippen molar-refractivity contribution in [1.29, 1.82) is 0 Å². The minimum atomic E-state index is 0. The summed E-state index contributed by atoms with van der Waals surface area (Å²) >= 11 is 0. The summed E-state index contributed by atoms with van der Waals surface area (Å²) in [5, 5.41) is 0. The molecular formula is C8H15Zn-. The van der Waals surface area contributed by atoms with E-state index in [0.29, 0.717) is 0 Å². The maximum atomic E-state index is 3.64. The van der Waals surface area contributed by atoms with Crippen LogP contribution < -0.4 is 0 Å². The summed E-state index contributed by atoms with van der Waals surface area (Å²) in [5.41, 5.74) is 0. The maximum Gasteiger partial charge on any atom is 0 e. The largest absolute Gasteiger partial charge is 0.329 e. The molecule has 0 fully saturated rings. The van der Waals surface area contributed by atoms with E-state index >= 15 is 0 Å². The van der Waals surface area contributed by atoms with Gasteiger partial charge < -0.3 is 6.42 Å². The third-order valence-corrected chi connectivity index (χ3v) is 1.11. The van der Waals surface area contributed by atoms with E-state index in [0.717, 1.165) is 6.42 Å². The summed E-state index contributed by atoms with van der Waals surface area (Å²) in [7, 11) is 0. The Morgan fingerprint density at radius 1 is 1.56 bits per heavy atom. The van der Waals surface area contributed by atoms with E-state index in [9.17, 15) is 0 Å². The van der Waals surface area contributed by atoms with Crippen LogP contribution in [0.25, 0.3) is 0 Å². The van der Waals surface area contributed by atoms with Gasteiger partial charge in [-0.3, -0.25) is 0 Å². The van der Waals surface area contributed by atoms with E-state index in [1.807, 2.05) is 6.08 Å². The first-order valence-electron chi connectivity index (χ1n) is 3.34. The van der Waals surface area contributed by atoms with E-state index < -0.39 is 0 Å². The molecule has 0 saturated heterocycles. The molecular weight excluding hydrogens is 161 g/mol. The second-order valence-electron chi connectivity index (χ2n) is 1.92. The molecule has 0 bridgehead atoms. The van der Waals surface area contributed by atoms with Gasteiger partial charge in [0.15, 0.2) is 0 Å². The molecule has 0 N–H and O–H groups in total. The fourth-order valence-corrected chi connectivity index (χ4v) is 0.611. The molecule has 0 saturated carbocycles. The molecule has 0 nitrogen and oxygen atoms in total. The van der Waals surface area contributed by atoms with Crippen LogP contribution in [0.2, 0.25) is 0 Å². The molecule has 0 spiro atoms. The third kappa shape index (κ3) is 11.8. The Bertz CT molecular complexity index is 50.5. The van der Waals surface area contributed by atoms with Crippen LogP contribution >= 0.6 is 0 Å². The first-order chi connectivity index (χ1) is 3.91. The minimum absolute atomic E-state index is 0. The van der Waals surface area contributed by atoms with Gasteiger partial charge in [0.1, 0.15) is 0 Å². The molecule has 50 valence electrons. The molecule has 9 heavy (non-hydrogen) atoms. The van der Waals surface area contributed by atoms with Gasteiger partial charge >= 0.3 is 0 Å². The van der Waals surface area contributed by atoms with Crippen molar-refractivity contribution in [3.05, 3.63) is 19.1 Å². The molecule has 1 heteroatoms. The van der Waals surface area contributed by atoms with Gasteiger partial charge in [0, 0.05) is 19.5 Å². The number of rotatable bonds is 5. The zero-order valence-electron chi connectivity index (χ0n) is 6.40. The first kappa shape index (κ1) is 12.1. The van der Waals surface area contributed by atoms with Gasteiger partial charge in [-0.1, -0.05) is 19.4 Å². The van der Waals surface area contributed by atoms with E-state index in [1.165, 1.54) is 19.3 Å². The summed E-state index contributed by atoms with van der Waals surface area (Å²) in [6.45, 7) is 5.82. The monoisotopic (exact) mass is 175 g/mol. The summed E-state index contributed by atoms with van der Waals surface area (Å²) in [6.07, 6.45) is 9.18. The van der Waals surface area contributed by atoms with Crippen LogP contribution in [0.3, 0.4) is 0 Å². The van der Waals surface area contributed by atoms with Gasteiger partial charge in [-0.2, -0.15) is 12.8 Å². The topological polar surface area (TPSA) is 0 Å². The molecule has 0 aromatic carbocycles. The van der Waals surface area contributed by atoms with E-state index in [-0.39, 0.29) is 19.5 Å². The number of hydrogen-bond acceptors (Lipinski definition) is 0. The predicted octanol–water partition coefficient (Wildman–Crippen LogP) is 2.95. The minimum Gasteiger partial charge on any atom is -0.329 e. The molecule has 0 aromatic rings. The van der Waals surface area contributed by atoms with E-state index in [1.54, 1.807) is 0 Å². The van der Waals surface area contributed by atoms with Crippen molar-refractivity contribution in [3.63, 3.8) is 0 Å². The van der Waals surface area contributed by atoms with E-state index in [2.05, 4.69) is 19.9 Å². The van der Waals surface area contributed by atoms with Crippen molar-refractivity contribution in [2.24, 2.45) is 0 Å². The Labute approximate surface area is 71.5 Å². The van der Waals surface area contributed by atoms with Gasteiger partial charge in [-0.25, -0.2) is 0 Å². The summed E-state index contributed by atoms with van der Waals surface area (Å²) in [4.78, 5) is 0. The summed E-state index contributed by atoms with van der Waals surface area (Å²) in [5.74, 6) is 0. The molecule has 0 amide bonds. The molecule has 0 radical (unpaired) electrons. The molecule has 0 aliphatic rings. The second-order valence-corrected chi connectivity index (χ2v) is 1.92. The van der Waals surface area contributed by atoms with Crippen LogP contribution in [-0.4, -0.2) is 0 Å². The Morgan fingerprint density at radius 2 is 2.22 bits per heavy atom. The SMILES string of the molecule is C=CCCC[CH-]CC.[Zn]. The van der Waals surface area contributed by atoms with Gasteiger partial charge in [0.25, 0.3) is 0 Å². The van der Waals surface area contributed by atoms with Gasteiger partial charge in [0.05, 0.1) is 0 Å². The average Bonchev–Trinajstić information content (AvgIpc) is 1.81. The fraction of sp³-hybridized carbons (Fsp3) is 0.625. The number of hydrogen-bond donors (Lipinski definition) is 0. The van der Waals surface area contributed by atoms with Crippen molar-refractivity contribution in [3.8, 4) is 0 Å². The Balaban J connectivity index is 0. The smallest absolute Gasteiger partial charge is 0 e. The van der Waals surface area contributed by atoms with Gasteiger partial charge in [-0.15, -0.1) is 6.58 Å². The Kier molecular flexibility index (Phi) is 15.0. The zero-order valence-corrected chi connectivity index (χ0v) is 9.36. The van der Waals surface area contributed by atoms with Crippen LogP contribution in [0, 0.1) is 6.42 Å². The molecule has 0 unspecified atom stereocenters. The van der Waals surface area contributed by atoms with Crippen LogP contribution in [0.1, 0.15) is 32.6 Å². The van der Waals surface area contributed by atoms with Crippen molar-refractivity contribution < 1.29 is 19.5 Å². The standard InChI is InChI=1S/C8H15.Zn/c1-3-5-7-8-6-4-2;/h3,6H,1,4-5,7-8H2,2H3;/q-1;. The zero-order chi connectivity index (χ0) is 6.24. The van der Waals surface area contributed by atoms with Crippen molar-refractivity contribution >= 4 is 0 Å². The molecule has 0 aliphatic carbocycles. The summed E-state index contributed by atoms with van der Waals surface area (Å²) < 4.78 is 0. The molecule has 0 heterocycles. The van der Waals surface area contributed by atoms with Crippen LogP contribution in [0.5, 0.6) is 0 Å². The predicted molar refractivity (Wildman–Crippen MR) is 38.6 cm³/mol. The number of unbranched alkanes of at least 4 members (excludes halogenated alkanes) is 4. The normalized spacial score (nSPS) is 8.11. The molecule has 0 aliphatic heterocycles. The van der Waals surface area contributed by atoms with Gasteiger partial charge in [0.2, 0.25) is 0 Å². The number of allylic oxidation sites excluding steroid dienone is 1. The van der Waals surface area contributed by atoms with Gasteiger partial charge in [-0.05, 0) is 6.42 Å². The Morgan fingerprint density at radius 3 is 2.67 bits per heavy atom. The van der Waals surface area contributed by atoms with E-state index in [4.69, 9.17) is 0 Å².